The van der Waals surface area contributed by atoms with Crippen LogP contribution in [0.2, 0.25) is 0 Å². The summed E-state index contributed by atoms with van der Waals surface area (Å²) in [5.74, 6) is 0.349. The van der Waals surface area contributed by atoms with E-state index in [1.165, 1.54) is 0 Å². The molecule has 0 amide bonds. The molecule has 5 nitrogen and oxygen atoms in total. The molecule has 0 fully saturated rings. The van der Waals surface area contributed by atoms with Crippen molar-refractivity contribution in [2.24, 2.45) is 0 Å². The molecule has 8 heteroatoms. The Labute approximate surface area is 205 Å². The third-order valence-electron chi connectivity index (χ3n) is 4.66. The molecule has 4 aromatic rings. The summed E-state index contributed by atoms with van der Waals surface area (Å²) in [6.45, 7) is 0. The number of aromatic hydroxyl groups is 2. The molecule has 2 N–H and O–H groups in total. The van der Waals surface area contributed by atoms with E-state index in [2.05, 4.69) is 15.4 Å². The summed E-state index contributed by atoms with van der Waals surface area (Å²) in [6, 6.07) is 23.8. The molecule has 1 aromatic heterocycles. The Morgan fingerprint density at radius 2 is 1.23 bits per heavy atom. The molecular formula is C23H21Cl2N3O2Zr. The quantitative estimate of drug-likeness (QED) is 0.398. The zero-order valence-electron chi connectivity index (χ0n) is 16.5. The van der Waals surface area contributed by atoms with Crippen LogP contribution in [0.4, 0.5) is 0 Å². The second kappa shape index (κ2) is 11.9. The Hall–Kier alpha value is -2.27. The van der Waals surface area contributed by atoms with Crippen molar-refractivity contribution in [3.8, 4) is 11.5 Å². The van der Waals surface area contributed by atoms with Crippen LogP contribution in [0.15, 0.2) is 79.0 Å². The fourth-order valence-electron chi connectivity index (χ4n) is 3.24. The van der Waals surface area contributed by atoms with E-state index in [0.29, 0.717) is 16.1 Å². The Balaban J connectivity index is 0.00000171. The van der Waals surface area contributed by atoms with Crippen LogP contribution in [0.3, 0.4) is 0 Å². The summed E-state index contributed by atoms with van der Waals surface area (Å²) in [5, 5.41) is 33.5. The molecule has 0 atom stereocenters. The van der Waals surface area contributed by atoms with Crippen LogP contribution in [-0.2, 0) is 36.1 Å². The van der Waals surface area contributed by atoms with Gasteiger partial charge in [0.25, 0.3) is 0 Å². The number of benzene rings is 3. The van der Waals surface area contributed by atoms with E-state index in [0.717, 1.165) is 25.7 Å². The van der Waals surface area contributed by atoms with Crippen molar-refractivity contribution in [2.45, 2.75) is 12.8 Å². The topological polar surface area (TPSA) is 79.1 Å². The van der Waals surface area contributed by atoms with Crippen molar-refractivity contribution in [2.75, 3.05) is 0 Å². The predicted molar refractivity (Wildman–Crippen MR) is 122 cm³/mol. The summed E-state index contributed by atoms with van der Waals surface area (Å²) in [5.41, 5.74) is 3.86. The standard InChI is InChI=1S/C20H17O2.C3H2N3.2ClH.Zr/c21-19-14-20(22)18(12-16-9-5-2-6-10-16)13-17(19)11-15-7-3-1-4-8-15;1-2-4-6-5-3-1;;;/h1-10,13,21-22H,11-12H2;1-2H;2*1H;. The minimum absolute atomic E-state index is 0. The van der Waals surface area contributed by atoms with Crippen LogP contribution < -0.4 is 6.67 Å². The molecule has 31 heavy (non-hydrogen) atoms. The molecule has 1 heterocycles. The van der Waals surface area contributed by atoms with E-state index in [1.54, 1.807) is 12.3 Å². The van der Waals surface area contributed by atoms with Crippen LogP contribution in [-0.4, -0.2) is 25.6 Å². The Morgan fingerprint density at radius 1 is 0.710 bits per heavy atom. The van der Waals surface area contributed by atoms with Gasteiger partial charge in [-0.15, -0.1) is 24.8 Å². The number of rotatable bonds is 6. The summed E-state index contributed by atoms with van der Waals surface area (Å²) < 4.78 is 1.44. The molecule has 0 spiro atoms. The number of nitrogens with zero attached hydrogens (tertiary/aromatic N) is 3. The van der Waals surface area contributed by atoms with Gasteiger partial charge in [-0.1, -0.05) is 0 Å². The van der Waals surface area contributed by atoms with Crippen molar-refractivity contribution >= 4 is 31.5 Å². The normalized spacial score (nSPS) is 9.94. The van der Waals surface area contributed by atoms with Gasteiger partial charge in [-0.3, -0.25) is 0 Å². The molecule has 0 aliphatic carbocycles. The number of phenols is 2. The molecule has 0 unspecified atom stereocenters. The molecule has 0 aliphatic rings. The molecule has 0 bridgehead atoms. The monoisotopic (exact) mass is 531 g/mol. The van der Waals surface area contributed by atoms with E-state index in [4.69, 9.17) is 0 Å². The van der Waals surface area contributed by atoms with Gasteiger partial charge in [-0.05, 0) is 0 Å². The van der Waals surface area contributed by atoms with Crippen LogP contribution in [0, 0.1) is 0 Å². The average Bonchev–Trinajstić information content (AvgIpc) is 2.77. The summed E-state index contributed by atoms with van der Waals surface area (Å²) in [6.07, 6.45) is 2.79. The van der Waals surface area contributed by atoms with Gasteiger partial charge < -0.3 is 0 Å². The van der Waals surface area contributed by atoms with Gasteiger partial charge in [-0.25, -0.2) is 0 Å². The molecule has 0 radical (unpaired) electrons. The first kappa shape index (κ1) is 25.0. The van der Waals surface area contributed by atoms with Crippen LogP contribution in [0.5, 0.6) is 11.5 Å². The van der Waals surface area contributed by atoms with Crippen molar-refractivity contribution in [3.63, 3.8) is 0 Å². The van der Waals surface area contributed by atoms with E-state index >= 15 is 0 Å². The summed E-state index contributed by atoms with van der Waals surface area (Å²) in [7, 11) is 0. The average molecular weight is 534 g/mol. The van der Waals surface area contributed by atoms with E-state index in [1.807, 2.05) is 66.7 Å². The van der Waals surface area contributed by atoms with Gasteiger partial charge in [0.2, 0.25) is 0 Å². The van der Waals surface area contributed by atoms with E-state index in [9.17, 15) is 10.2 Å². The first-order chi connectivity index (χ1) is 14.2. The van der Waals surface area contributed by atoms with Crippen molar-refractivity contribution in [1.29, 1.82) is 0 Å². The van der Waals surface area contributed by atoms with Gasteiger partial charge in [-0.2, -0.15) is 0 Å². The van der Waals surface area contributed by atoms with Gasteiger partial charge >= 0.3 is 181 Å². The first-order valence-electron chi connectivity index (χ1n) is 9.26. The summed E-state index contributed by atoms with van der Waals surface area (Å²) >= 11 is -1.56. The second-order valence-electron chi connectivity index (χ2n) is 6.72. The van der Waals surface area contributed by atoms with Crippen molar-refractivity contribution < 1.29 is 33.4 Å². The Morgan fingerprint density at radius 3 is 1.68 bits per heavy atom. The molecule has 4 rings (SSSR count). The van der Waals surface area contributed by atoms with Crippen molar-refractivity contribution in [3.05, 3.63) is 101 Å². The third kappa shape index (κ3) is 6.36. The van der Waals surface area contributed by atoms with Crippen LogP contribution in [0.25, 0.3) is 0 Å². The number of hydrogen-bond donors (Lipinski definition) is 2. The number of halogens is 2. The number of aromatic nitrogens is 3. The van der Waals surface area contributed by atoms with Gasteiger partial charge in [0.15, 0.2) is 0 Å². The summed E-state index contributed by atoms with van der Waals surface area (Å²) in [4.78, 5) is 0. The first-order valence-corrected chi connectivity index (χ1v) is 11.7. The molecule has 0 aliphatic heterocycles. The van der Waals surface area contributed by atoms with Crippen molar-refractivity contribution in [1.82, 2.24) is 15.4 Å². The predicted octanol–water partition coefficient (Wildman–Crippen LogP) is 3.34. The van der Waals surface area contributed by atoms with E-state index in [-0.39, 0.29) is 36.3 Å². The fourth-order valence-corrected chi connectivity index (χ4v) is 5.86. The number of hydrogen-bond acceptors (Lipinski definition) is 5. The fraction of sp³-hybridized carbons (Fsp3) is 0.0870. The Kier molecular flexibility index (Phi) is 9.63. The van der Waals surface area contributed by atoms with E-state index < -0.39 is 23.2 Å². The minimum atomic E-state index is -1.56. The zero-order chi connectivity index (χ0) is 20.1. The maximum atomic E-state index is 11.0. The van der Waals surface area contributed by atoms with Crippen LogP contribution >= 0.6 is 24.8 Å². The van der Waals surface area contributed by atoms with Gasteiger partial charge in [0.05, 0.1) is 0 Å². The molecule has 158 valence electrons. The molecule has 0 saturated carbocycles. The SMILES string of the molecule is Cl.Cl.Oc1c(Cc2ccccc2)cc(Cc2ccccc2)c(O)[c]1[Zr][c]1ccnnn1. The molecular weight excluding hydrogens is 512 g/mol. The third-order valence-corrected chi connectivity index (χ3v) is 7.73. The second-order valence-corrected chi connectivity index (χ2v) is 9.83. The van der Waals surface area contributed by atoms with Crippen LogP contribution in [0.1, 0.15) is 22.3 Å². The number of phenolic OH excluding ortho intramolecular Hbond substituents is 2. The van der Waals surface area contributed by atoms with Gasteiger partial charge in [0.1, 0.15) is 0 Å². The van der Waals surface area contributed by atoms with Gasteiger partial charge in [0, 0.05) is 0 Å². The Bertz CT molecular complexity index is 1040. The zero-order valence-corrected chi connectivity index (χ0v) is 20.6. The molecule has 0 saturated heterocycles. The maximum absolute atomic E-state index is 11.0. The molecule has 3 aromatic carbocycles.